The second-order valence-electron chi connectivity index (χ2n) is 4.32. The van der Waals surface area contributed by atoms with Crippen molar-refractivity contribution in [3.63, 3.8) is 0 Å². The fourth-order valence-corrected chi connectivity index (χ4v) is 2.12. The molecule has 0 amide bonds. The molecule has 0 radical (unpaired) electrons. The van der Waals surface area contributed by atoms with E-state index < -0.39 is 35.0 Å². The van der Waals surface area contributed by atoms with Gasteiger partial charge in [-0.3, -0.25) is 0 Å². The molecule has 0 bridgehead atoms. The molecule has 2 rings (SSSR count). The maximum absolute atomic E-state index is 11.2. The van der Waals surface area contributed by atoms with Crippen LogP contribution in [-0.2, 0) is 0 Å². The Bertz CT molecular complexity index is 779. The average Bonchev–Trinajstić information content (AvgIpc) is 2.43. The molecule has 0 atom stereocenters. The number of fused-ring (bicyclic) bond motifs is 1. The van der Waals surface area contributed by atoms with Crippen molar-refractivity contribution in [2.24, 2.45) is 0 Å². The highest BCUT2D eigenvalue weighted by Gasteiger charge is 2.22. The molecule has 8 nitrogen and oxygen atoms in total. The molecule has 2 aromatic rings. The third kappa shape index (κ3) is 2.33. The fraction of sp³-hybridized carbons (Fsp3) is 0. The zero-order chi connectivity index (χ0) is 16.6. The van der Waals surface area contributed by atoms with Crippen LogP contribution in [0.25, 0.3) is 10.8 Å². The Labute approximate surface area is 121 Å². The summed E-state index contributed by atoms with van der Waals surface area (Å²) in [5, 5.41) is 36.0. The van der Waals surface area contributed by atoms with Crippen LogP contribution in [0, 0.1) is 0 Å². The fourth-order valence-electron chi connectivity index (χ4n) is 2.12. The molecule has 2 aromatic carbocycles. The van der Waals surface area contributed by atoms with Gasteiger partial charge < -0.3 is 20.4 Å². The van der Waals surface area contributed by atoms with Crippen LogP contribution in [0.1, 0.15) is 41.4 Å². The number of carboxylic acid groups (broad SMARTS) is 4. The van der Waals surface area contributed by atoms with Gasteiger partial charge in [0.05, 0.1) is 22.3 Å². The summed E-state index contributed by atoms with van der Waals surface area (Å²) in [5.74, 6) is -5.89. The van der Waals surface area contributed by atoms with E-state index in [0.29, 0.717) is 0 Å². The zero-order valence-corrected chi connectivity index (χ0v) is 10.7. The van der Waals surface area contributed by atoms with Gasteiger partial charge in [0.25, 0.3) is 0 Å². The molecule has 4 N–H and O–H groups in total. The lowest BCUT2D eigenvalue weighted by molar-refractivity contribution is 0.0651. The number of aromatic carboxylic acids is 4. The molecule has 0 saturated carbocycles. The molecule has 0 saturated heterocycles. The molecule has 0 aromatic heterocycles. The molecule has 0 fully saturated rings. The van der Waals surface area contributed by atoms with E-state index >= 15 is 0 Å². The van der Waals surface area contributed by atoms with Gasteiger partial charge >= 0.3 is 23.9 Å². The van der Waals surface area contributed by atoms with Crippen molar-refractivity contribution in [2.45, 2.75) is 0 Å². The molecule has 0 heterocycles. The first-order valence-corrected chi connectivity index (χ1v) is 5.78. The largest absolute Gasteiger partial charge is 0.478 e. The lowest BCUT2D eigenvalue weighted by Crippen LogP contribution is -2.10. The molecule has 0 unspecified atom stereocenters. The van der Waals surface area contributed by atoms with E-state index in [1.807, 2.05) is 0 Å². The van der Waals surface area contributed by atoms with E-state index in [-0.39, 0.29) is 21.9 Å². The Morgan fingerprint density at radius 2 is 0.818 bits per heavy atom. The third-order valence-corrected chi connectivity index (χ3v) is 3.08. The maximum Gasteiger partial charge on any atom is 0.336 e. The van der Waals surface area contributed by atoms with E-state index in [9.17, 15) is 19.2 Å². The molecule has 0 aliphatic heterocycles. The summed E-state index contributed by atoms with van der Waals surface area (Å²) >= 11 is 0. The number of benzene rings is 2. The van der Waals surface area contributed by atoms with Crippen LogP contribution in [0.5, 0.6) is 0 Å². The van der Waals surface area contributed by atoms with Crippen molar-refractivity contribution in [3.8, 4) is 0 Å². The van der Waals surface area contributed by atoms with Crippen LogP contribution in [0.3, 0.4) is 0 Å². The van der Waals surface area contributed by atoms with Gasteiger partial charge in [-0.15, -0.1) is 0 Å². The molecule has 0 spiro atoms. The first-order valence-electron chi connectivity index (χ1n) is 5.78. The normalized spacial score (nSPS) is 10.4. The van der Waals surface area contributed by atoms with Crippen molar-refractivity contribution < 1.29 is 39.6 Å². The van der Waals surface area contributed by atoms with Crippen LogP contribution >= 0.6 is 0 Å². The average molecular weight is 304 g/mol. The minimum atomic E-state index is -1.56. The third-order valence-electron chi connectivity index (χ3n) is 3.08. The van der Waals surface area contributed by atoms with Gasteiger partial charge in [0.1, 0.15) is 0 Å². The molecule has 22 heavy (non-hydrogen) atoms. The number of hydrogen-bond acceptors (Lipinski definition) is 4. The highest BCUT2D eigenvalue weighted by molar-refractivity contribution is 6.15. The molecule has 0 aliphatic rings. The summed E-state index contributed by atoms with van der Waals surface area (Å²) in [6.07, 6.45) is 0. The summed E-state index contributed by atoms with van der Waals surface area (Å²) < 4.78 is 0. The van der Waals surface area contributed by atoms with Gasteiger partial charge in [-0.1, -0.05) is 0 Å². The minimum absolute atomic E-state index is 0.158. The predicted molar refractivity (Wildman–Crippen MR) is 71.8 cm³/mol. The molecular formula is C14H8O8. The summed E-state index contributed by atoms with van der Waals surface area (Å²) in [6.45, 7) is 0. The van der Waals surface area contributed by atoms with Crippen molar-refractivity contribution in [1.29, 1.82) is 0 Å². The van der Waals surface area contributed by atoms with Gasteiger partial charge in [-0.05, 0) is 35.0 Å². The van der Waals surface area contributed by atoms with E-state index in [2.05, 4.69) is 0 Å². The van der Waals surface area contributed by atoms with E-state index in [1.54, 1.807) is 0 Å². The van der Waals surface area contributed by atoms with E-state index in [1.165, 1.54) is 0 Å². The van der Waals surface area contributed by atoms with Gasteiger partial charge in [0, 0.05) is 0 Å². The van der Waals surface area contributed by atoms with E-state index in [4.69, 9.17) is 20.4 Å². The van der Waals surface area contributed by atoms with Crippen LogP contribution < -0.4 is 0 Å². The van der Waals surface area contributed by atoms with Gasteiger partial charge in [-0.25, -0.2) is 19.2 Å². The molecule has 112 valence electrons. The molecule has 0 aliphatic carbocycles. The van der Waals surface area contributed by atoms with Crippen LogP contribution in [0.2, 0.25) is 0 Å². The van der Waals surface area contributed by atoms with Crippen LogP contribution in [0.15, 0.2) is 24.3 Å². The van der Waals surface area contributed by atoms with Crippen molar-refractivity contribution in [3.05, 3.63) is 46.5 Å². The Hall–Kier alpha value is -3.42. The monoisotopic (exact) mass is 304 g/mol. The highest BCUT2D eigenvalue weighted by Crippen LogP contribution is 2.27. The molecular weight excluding hydrogens is 296 g/mol. The summed E-state index contributed by atoms with van der Waals surface area (Å²) in [4.78, 5) is 44.7. The number of hydrogen-bond donors (Lipinski definition) is 4. The Balaban J connectivity index is 3.03. The first kappa shape index (κ1) is 15.0. The molecule has 8 heteroatoms. The summed E-state index contributed by atoms with van der Waals surface area (Å²) in [5.41, 5.74) is -1.88. The van der Waals surface area contributed by atoms with Crippen molar-refractivity contribution >= 4 is 34.6 Å². The second-order valence-corrected chi connectivity index (χ2v) is 4.32. The van der Waals surface area contributed by atoms with E-state index in [0.717, 1.165) is 24.3 Å². The van der Waals surface area contributed by atoms with Gasteiger partial charge in [0.15, 0.2) is 0 Å². The number of carboxylic acids is 4. The number of rotatable bonds is 4. The SMILES string of the molecule is O=C(O)c1cc2c(C(=O)O)ccc(C(=O)O)c2cc1C(=O)O. The standard InChI is InChI=1S/C14H8O8/c15-11(16)5-1-2-6(12(17)18)8-4-10(14(21)22)9(13(19)20)3-7(5)8/h1-4H,(H,15,16)(H,17,18)(H,19,20)(H,21,22). The van der Waals surface area contributed by atoms with Crippen LogP contribution in [0.4, 0.5) is 0 Å². The first-order chi connectivity index (χ1) is 10.2. The lowest BCUT2D eigenvalue weighted by Gasteiger charge is -2.10. The Kier molecular flexibility index (Phi) is 3.52. The van der Waals surface area contributed by atoms with Gasteiger partial charge in [0.2, 0.25) is 0 Å². The topological polar surface area (TPSA) is 149 Å². The number of carbonyl (C=O) groups is 4. The van der Waals surface area contributed by atoms with Crippen molar-refractivity contribution in [2.75, 3.05) is 0 Å². The highest BCUT2D eigenvalue weighted by atomic mass is 16.4. The Morgan fingerprint density at radius 3 is 1.05 bits per heavy atom. The summed E-state index contributed by atoms with van der Waals surface area (Å²) in [7, 11) is 0. The lowest BCUT2D eigenvalue weighted by atomic mass is 9.94. The minimum Gasteiger partial charge on any atom is -0.478 e. The predicted octanol–water partition coefficient (Wildman–Crippen LogP) is 1.63. The summed E-state index contributed by atoms with van der Waals surface area (Å²) in [6, 6.07) is 3.77. The maximum atomic E-state index is 11.2. The Morgan fingerprint density at radius 1 is 0.545 bits per heavy atom. The quantitative estimate of drug-likeness (QED) is 0.665. The smallest absolute Gasteiger partial charge is 0.336 e. The van der Waals surface area contributed by atoms with Crippen molar-refractivity contribution in [1.82, 2.24) is 0 Å². The van der Waals surface area contributed by atoms with Crippen LogP contribution in [-0.4, -0.2) is 44.3 Å². The second kappa shape index (κ2) is 5.17. The van der Waals surface area contributed by atoms with Gasteiger partial charge in [-0.2, -0.15) is 0 Å². The zero-order valence-electron chi connectivity index (χ0n) is 10.7.